The summed E-state index contributed by atoms with van der Waals surface area (Å²) in [5.74, 6) is 0.506. The normalized spacial score (nSPS) is 14.4. The van der Waals surface area contributed by atoms with Gasteiger partial charge in [0.25, 0.3) is 0 Å². The van der Waals surface area contributed by atoms with E-state index in [2.05, 4.69) is 22.0 Å². The molecule has 6 heteroatoms. The molecule has 30 heavy (non-hydrogen) atoms. The van der Waals surface area contributed by atoms with Gasteiger partial charge in [-0.25, -0.2) is 4.39 Å². The highest BCUT2D eigenvalue weighted by molar-refractivity contribution is 6.32. The van der Waals surface area contributed by atoms with Crippen LogP contribution in [0, 0.1) is 12.7 Å². The predicted molar refractivity (Wildman–Crippen MR) is 117 cm³/mol. The number of nitrogens with zero attached hydrogens (tertiary/aromatic N) is 3. The van der Waals surface area contributed by atoms with Gasteiger partial charge in [-0.2, -0.15) is 0 Å². The van der Waals surface area contributed by atoms with Crippen LogP contribution in [0.3, 0.4) is 0 Å². The van der Waals surface area contributed by atoms with Crippen molar-refractivity contribution in [2.45, 2.75) is 20.0 Å². The quantitative estimate of drug-likeness (QED) is 0.436. The molecular weight excluding hydrogens is 401 g/mol. The van der Waals surface area contributed by atoms with Crippen LogP contribution in [-0.2, 0) is 13.1 Å². The number of fused-ring (bicyclic) bond motifs is 2. The zero-order chi connectivity index (χ0) is 20.7. The van der Waals surface area contributed by atoms with Crippen molar-refractivity contribution in [3.8, 4) is 11.4 Å². The fraction of sp³-hybridized carbons (Fsp3) is 0.208. The number of hydrogen-bond acceptors (Lipinski definition) is 3. The molecule has 0 bridgehead atoms. The molecule has 0 amide bonds. The molecule has 0 atom stereocenters. The number of rotatable bonds is 3. The monoisotopic (exact) mass is 421 g/mol. The van der Waals surface area contributed by atoms with Crippen molar-refractivity contribution in [3.63, 3.8) is 0 Å². The van der Waals surface area contributed by atoms with E-state index in [0.29, 0.717) is 11.6 Å². The first kappa shape index (κ1) is 19.1. The Morgan fingerprint density at radius 1 is 1.13 bits per heavy atom. The first-order chi connectivity index (χ1) is 14.6. The van der Waals surface area contributed by atoms with E-state index >= 15 is 0 Å². The largest absolute Gasteiger partial charge is 0.490 e. The number of halogens is 2. The average Bonchev–Trinajstić information content (AvgIpc) is 3.01. The summed E-state index contributed by atoms with van der Waals surface area (Å²) >= 11 is 6.62. The van der Waals surface area contributed by atoms with Gasteiger partial charge in [0, 0.05) is 54.4 Å². The molecule has 0 fully saturated rings. The summed E-state index contributed by atoms with van der Waals surface area (Å²) in [7, 11) is 0. The molecular formula is C24H21ClFN3O. The molecule has 3 heterocycles. The molecule has 0 saturated heterocycles. The van der Waals surface area contributed by atoms with E-state index in [4.69, 9.17) is 16.3 Å². The van der Waals surface area contributed by atoms with E-state index in [1.54, 1.807) is 12.1 Å². The van der Waals surface area contributed by atoms with Crippen molar-refractivity contribution in [3.05, 3.63) is 88.6 Å². The topological polar surface area (TPSA) is 30.3 Å². The Hall–Kier alpha value is -2.89. The lowest BCUT2D eigenvalue weighted by molar-refractivity contribution is 0.219. The minimum atomic E-state index is -0.240. The number of aromatic nitrogens is 2. The van der Waals surface area contributed by atoms with Gasteiger partial charge >= 0.3 is 0 Å². The summed E-state index contributed by atoms with van der Waals surface area (Å²) in [4.78, 5) is 6.63. The van der Waals surface area contributed by atoms with Crippen LogP contribution < -0.4 is 4.74 Å². The fourth-order valence-electron chi connectivity index (χ4n) is 4.08. The van der Waals surface area contributed by atoms with Gasteiger partial charge in [0.1, 0.15) is 18.2 Å². The standard InChI is InChI=1S/C24H21ClFN3O/c1-16-10-17(4-6-27-16)14-28-8-9-30-24-19(15-28)12-21(13-22(24)25)29-7-5-18-11-20(26)2-3-23(18)29/h2-7,10-13H,8-9,14-15H2,1H3. The molecule has 4 aromatic rings. The lowest BCUT2D eigenvalue weighted by atomic mass is 10.1. The molecule has 0 N–H and O–H groups in total. The maximum Gasteiger partial charge on any atom is 0.142 e. The van der Waals surface area contributed by atoms with Gasteiger partial charge in [0.05, 0.1) is 10.5 Å². The number of ether oxygens (including phenoxy) is 1. The summed E-state index contributed by atoms with van der Waals surface area (Å²) in [6.45, 7) is 4.96. The van der Waals surface area contributed by atoms with Crippen LogP contribution in [0.1, 0.15) is 16.8 Å². The number of benzene rings is 2. The molecule has 1 aliphatic rings. The second-order valence-corrected chi connectivity index (χ2v) is 8.08. The van der Waals surface area contributed by atoms with Gasteiger partial charge in [-0.1, -0.05) is 11.6 Å². The summed E-state index contributed by atoms with van der Waals surface area (Å²) in [6, 6.07) is 14.9. The molecule has 152 valence electrons. The number of pyridine rings is 1. The molecule has 5 rings (SSSR count). The van der Waals surface area contributed by atoms with Crippen LogP contribution in [0.2, 0.25) is 5.02 Å². The maximum atomic E-state index is 13.6. The van der Waals surface area contributed by atoms with E-state index < -0.39 is 0 Å². The summed E-state index contributed by atoms with van der Waals surface area (Å²) in [5, 5.41) is 1.44. The van der Waals surface area contributed by atoms with Crippen molar-refractivity contribution in [1.82, 2.24) is 14.5 Å². The Morgan fingerprint density at radius 2 is 2.03 bits per heavy atom. The first-order valence-corrected chi connectivity index (χ1v) is 10.3. The van der Waals surface area contributed by atoms with Gasteiger partial charge in [0.2, 0.25) is 0 Å². The molecule has 1 aliphatic heterocycles. The second-order valence-electron chi connectivity index (χ2n) is 7.67. The van der Waals surface area contributed by atoms with Gasteiger partial charge in [-0.15, -0.1) is 0 Å². The van der Waals surface area contributed by atoms with Crippen LogP contribution in [0.4, 0.5) is 4.39 Å². The third kappa shape index (κ3) is 3.66. The lowest BCUT2D eigenvalue weighted by Crippen LogP contribution is -2.25. The van der Waals surface area contributed by atoms with E-state index in [1.807, 2.05) is 42.1 Å². The molecule has 0 unspecified atom stereocenters. The van der Waals surface area contributed by atoms with Crippen molar-refractivity contribution in [2.75, 3.05) is 13.2 Å². The maximum absolute atomic E-state index is 13.6. The minimum absolute atomic E-state index is 0.240. The SMILES string of the molecule is Cc1cc(CN2CCOc3c(Cl)cc(-n4ccc5cc(F)ccc54)cc3C2)ccn1. The third-order valence-corrected chi connectivity index (χ3v) is 5.73. The van der Waals surface area contributed by atoms with E-state index in [9.17, 15) is 4.39 Å². The van der Waals surface area contributed by atoms with Gasteiger partial charge < -0.3 is 9.30 Å². The van der Waals surface area contributed by atoms with Crippen LogP contribution in [0.15, 0.2) is 60.9 Å². The highest BCUT2D eigenvalue weighted by Gasteiger charge is 2.20. The van der Waals surface area contributed by atoms with Crippen molar-refractivity contribution < 1.29 is 9.13 Å². The Morgan fingerprint density at radius 3 is 2.90 bits per heavy atom. The van der Waals surface area contributed by atoms with E-state index in [-0.39, 0.29) is 5.82 Å². The molecule has 0 saturated carbocycles. The number of aryl methyl sites for hydroxylation is 1. The Labute approximate surface area is 179 Å². The zero-order valence-electron chi connectivity index (χ0n) is 16.6. The molecule has 2 aromatic carbocycles. The fourth-order valence-corrected chi connectivity index (χ4v) is 4.37. The highest BCUT2D eigenvalue weighted by Crippen LogP contribution is 2.35. The van der Waals surface area contributed by atoms with E-state index in [1.165, 1.54) is 11.6 Å². The lowest BCUT2D eigenvalue weighted by Gasteiger charge is -2.20. The van der Waals surface area contributed by atoms with Gasteiger partial charge in [0.15, 0.2) is 0 Å². The Kier molecular flexibility index (Phi) is 4.93. The van der Waals surface area contributed by atoms with Crippen molar-refractivity contribution in [1.29, 1.82) is 0 Å². The Bertz CT molecular complexity index is 1240. The smallest absolute Gasteiger partial charge is 0.142 e. The molecule has 0 aliphatic carbocycles. The predicted octanol–water partition coefficient (Wildman–Crippen LogP) is 5.52. The third-order valence-electron chi connectivity index (χ3n) is 5.45. The first-order valence-electron chi connectivity index (χ1n) is 9.93. The van der Waals surface area contributed by atoms with Crippen molar-refractivity contribution >= 4 is 22.5 Å². The summed E-state index contributed by atoms with van der Waals surface area (Å²) in [6.07, 6.45) is 3.79. The summed E-state index contributed by atoms with van der Waals surface area (Å²) < 4.78 is 21.6. The van der Waals surface area contributed by atoms with Crippen molar-refractivity contribution in [2.24, 2.45) is 0 Å². The number of hydrogen-bond donors (Lipinski definition) is 0. The molecule has 0 spiro atoms. The Balaban J connectivity index is 1.50. The average molecular weight is 422 g/mol. The van der Waals surface area contributed by atoms with E-state index in [0.717, 1.165) is 53.2 Å². The van der Waals surface area contributed by atoms with Crippen LogP contribution in [-0.4, -0.2) is 27.6 Å². The second kappa shape index (κ2) is 7.74. The minimum Gasteiger partial charge on any atom is -0.490 e. The highest BCUT2D eigenvalue weighted by atomic mass is 35.5. The summed E-state index contributed by atoms with van der Waals surface area (Å²) in [5.41, 5.74) is 5.16. The molecule has 0 radical (unpaired) electrons. The van der Waals surface area contributed by atoms with Gasteiger partial charge in [-0.3, -0.25) is 9.88 Å². The van der Waals surface area contributed by atoms with Crippen LogP contribution in [0.5, 0.6) is 5.75 Å². The molecule has 2 aromatic heterocycles. The van der Waals surface area contributed by atoms with Gasteiger partial charge in [-0.05, 0) is 61.0 Å². The van der Waals surface area contributed by atoms with Crippen LogP contribution in [0.25, 0.3) is 16.6 Å². The van der Waals surface area contributed by atoms with Crippen LogP contribution >= 0.6 is 11.6 Å². The molecule has 4 nitrogen and oxygen atoms in total. The zero-order valence-corrected chi connectivity index (χ0v) is 17.4.